The van der Waals surface area contributed by atoms with Crippen LogP contribution in [0.1, 0.15) is 36.0 Å². The number of hydrogen-bond acceptors (Lipinski definition) is 4. The van der Waals surface area contributed by atoms with E-state index in [1.54, 1.807) is 6.20 Å². The van der Waals surface area contributed by atoms with Crippen molar-refractivity contribution in [3.05, 3.63) is 54.2 Å². The number of carbonyl (C=O) groups is 1. The summed E-state index contributed by atoms with van der Waals surface area (Å²) >= 11 is 0. The monoisotopic (exact) mass is 350 g/mol. The number of benzene rings is 1. The predicted octanol–water partition coefficient (Wildman–Crippen LogP) is 3.08. The van der Waals surface area contributed by atoms with E-state index in [9.17, 15) is 4.79 Å². The Balaban J connectivity index is 1.33. The van der Waals surface area contributed by atoms with E-state index in [-0.39, 0.29) is 5.91 Å². The molecule has 1 aromatic heterocycles. The molecule has 5 nitrogen and oxygen atoms in total. The second kappa shape index (κ2) is 7.77. The topological polar surface area (TPSA) is 48.5 Å². The summed E-state index contributed by atoms with van der Waals surface area (Å²) in [4.78, 5) is 21.6. The van der Waals surface area contributed by atoms with Gasteiger partial charge in [-0.25, -0.2) is 4.98 Å². The molecule has 1 saturated heterocycles. The fourth-order valence-corrected chi connectivity index (χ4v) is 3.88. The molecule has 0 atom stereocenters. The SMILES string of the molecule is O=C(NC1CCCC1)c1ccc(N2CCN(c3ccccc3)CC2)nc1. The number of hydrogen-bond donors (Lipinski definition) is 1. The molecule has 4 rings (SSSR count). The number of carbonyl (C=O) groups excluding carboxylic acids is 1. The van der Waals surface area contributed by atoms with E-state index in [1.807, 2.05) is 18.2 Å². The Labute approximate surface area is 155 Å². The zero-order valence-electron chi connectivity index (χ0n) is 15.1. The fourth-order valence-electron chi connectivity index (χ4n) is 3.88. The Hall–Kier alpha value is -2.56. The predicted molar refractivity (Wildman–Crippen MR) is 105 cm³/mol. The van der Waals surface area contributed by atoms with Crippen LogP contribution in [0.5, 0.6) is 0 Å². The van der Waals surface area contributed by atoms with Crippen LogP contribution in [-0.4, -0.2) is 43.1 Å². The molecule has 1 saturated carbocycles. The molecule has 0 unspecified atom stereocenters. The largest absolute Gasteiger partial charge is 0.368 e. The van der Waals surface area contributed by atoms with Crippen molar-refractivity contribution in [1.29, 1.82) is 0 Å². The molecule has 136 valence electrons. The van der Waals surface area contributed by atoms with Crippen molar-refractivity contribution in [3.63, 3.8) is 0 Å². The van der Waals surface area contributed by atoms with Gasteiger partial charge in [0.25, 0.3) is 5.91 Å². The minimum absolute atomic E-state index is 0.00449. The van der Waals surface area contributed by atoms with Crippen LogP contribution in [0.4, 0.5) is 11.5 Å². The van der Waals surface area contributed by atoms with E-state index >= 15 is 0 Å². The molecule has 2 aromatic rings. The van der Waals surface area contributed by atoms with Crippen molar-refractivity contribution in [1.82, 2.24) is 10.3 Å². The lowest BCUT2D eigenvalue weighted by molar-refractivity contribution is 0.0937. The highest BCUT2D eigenvalue weighted by molar-refractivity contribution is 5.94. The molecule has 2 fully saturated rings. The Morgan fingerprint density at radius 2 is 1.62 bits per heavy atom. The number of rotatable bonds is 4. The van der Waals surface area contributed by atoms with Gasteiger partial charge in [-0.15, -0.1) is 0 Å². The highest BCUT2D eigenvalue weighted by Crippen LogP contribution is 2.20. The summed E-state index contributed by atoms with van der Waals surface area (Å²) in [5, 5.41) is 3.12. The Morgan fingerprint density at radius 3 is 2.27 bits per heavy atom. The van der Waals surface area contributed by atoms with Gasteiger partial charge in [0.15, 0.2) is 0 Å². The Bertz CT molecular complexity index is 717. The maximum atomic E-state index is 12.3. The number of nitrogens with zero attached hydrogens (tertiary/aromatic N) is 3. The van der Waals surface area contributed by atoms with Gasteiger partial charge >= 0.3 is 0 Å². The number of anilines is 2. The third kappa shape index (κ3) is 3.82. The van der Waals surface area contributed by atoms with Crippen molar-refractivity contribution < 1.29 is 4.79 Å². The summed E-state index contributed by atoms with van der Waals surface area (Å²) in [5.41, 5.74) is 1.93. The van der Waals surface area contributed by atoms with Crippen LogP contribution >= 0.6 is 0 Å². The molecular weight excluding hydrogens is 324 g/mol. The summed E-state index contributed by atoms with van der Waals surface area (Å²) in [6.07, 6.45) is 6.35. The van der Waals surface area contributed by atoms with Gasteiger partial charge in [-0.3, -0.25) is 4.79 Å². The molecule has 1 amide bonds. The third-order valence-corrected chi connectivity index (χ3v) is 5.43. The molecule has 1 N–H and O–H groups in total. The smallest absolute Gasteiger partial charge is 0.253 e. The molecule has 1 aliphatic carbocycles. The van der Waals surface area contributed by atoms with Crippen LogP contribution in [-0.2, 0) is 0 Å². The highest BCUT2D eigenvalue weighted by atomic mass is 16.1. The fraction of sp³-hybridized carbons (Fsp3) is 0.429. The Kier molecular flexibility index (Phi) is 5.04. The first-order valence-corrected chi connectivity index (χ1v) is 9.61. The summed E-state index contributed by atoms with van der Waals surface area (Å²) in [6, 6.07) is 14.7. The van der Waals surface area contributed by atoms with Crippen LogP contribution in [0.2, 0.25) is 0 Å². The summed E-state index contributed by atoms with van der Waals surface area (Å²) < 4.78 is 0. The summed E-state index contributed by atoms with van der Waals surface area (Å²) in [5.74, 6) is 0.958. The molecule has 2 aliphatic rings. The van der Waals surface area contributed by atoms with Crippen LogP contribution < -0.4 is 15.1 Å². The number of para-hydroxylation sites is 1. The van der Waals surface area contributed by atoms with Crippen molar-refractivity contribution in [2.24, 2.45) is 0 Å². The van der Waals surface area contributed by atoms with E-state index in [0.717, 1.165) is 44.8 Å². The van der Waals surface area contributed by atoms with Gasteiger partial charge in [0.2, 0.25) is 0 Å². The van der Waals surface area contributed by atoms with Crippen molar-refractivity contribution in [2.75, 3.05) is 36.0 Å². The molecule has 1 aromatic carbocycles. The van der Waals surface area contributed by atoms with Gasteiger partial charge in [-0.1, -0.05) is 31.0 Å². The average molecular weight is 350 g/mol. The molecule has 26 heavy (non-hydrogen) atoms. The van der Waals surface area contributed by atoms with E-state index in [1.165, 1.54) is 18.5 Å². The molecule has 1 aliphatic heterocycles. The first-order chi connectivity index (χ1) is 12.8. The van der Waals surface area contributed by atoms with E-state index in [0.29, 0.717) is 11.6 Å². The number of piperazine rings is 1. The maximum absolute atomic E-state index is 12.3. The second-order valence-electron chi connectivity index (χ2n) is 7.17. The van der Waals surface area contributed by atoms with E-state index in [4.69, 9.17) is 0 Å². The molecule has 2 heterocycles. The average Bonchev–Trinajstić information content (AvgIpc) is 3.22. The lowest BCUT2D eigenvalue weighted by Crippen LogP contribution is -2.46. The quantitative estimate of drug-likeness (QED) is 0.921. The van der Waals surface area contributed by atoms with Gasteiger partial charge in [0.05, 0.1) is 5.56 Å². The summed E-state index contributed by atoms with van der Waals surface area (Å²) in [7, 11) is 0. The van der Waals surface area contributed by atoms with Gasteiger partial charge < -0.3 is 15.1 Å². The standard InChI is InChI=1S/C21H26N4O/c26-21(23-18-6-4-5-7-18)17-10-11-20(22-16-17)25-14-12-24(13-15-25)19-8-2-1-3-9-19/h1-3,8-11,16,18H,4-7,12-15H2,(H,23,26). The molecule has 0 bridgehead atoms. The molecule has 0 radical (unpaired) electrons. The lowest BCUT2D eigenvalue weighted by atomic mass is 10.2. The Morgan fingerprint density at radius 1 is 0.923 bits per heavy atom. The van der Waals surface area contributed by atoms with Gasteiger partial charge in [0.1, 0.15) is 5.82 Å². The minimum Gasteiger partial charge on any atom is -0.368 e. The molecule has 0 spiro atoms. The van der Waals surface area contributed by atoms with Crippen molar-refractivity contribution >= 4 is 17.4 Å². The first-order valence-electron chi connectivity index (χ1n) is 9.61. The van der Waals surface area contributed by atoms with Crippen molar-refractivity contribution in [2.45, 2.75) is 31.7 Å². The number of aromatic nitrogens is 1. The van der Waals surface area contributed by atoms with Gasteiger partial charge in [-0.05, 0) is 37.1 Å². The zero-order valence-corrected chi connectivity index (χ0v) is 15.1. The maximum Gasteiger partial charge on any atom is 0.253 e. The number of nitrogens with one attached hydrogen (secondary N) is 1. The normalized spacial score (nSPS) is 18.2. The summed E-state index contributed by atoms with van der Waals surface area (Å²) in [6.45, 7) is 3.84. The molecule has 5 heteroatoms. The van der Waals surface area contributed by atoms with Crippen LogP contribution in [0.25, 0.3) is 0 Å². The van der Waals surface area contributed by atoms with Crippen LogP contribution in [0.15, 0.2) is 48.7 Å². The van der Waals surface area contributed by atoms with Crippen LogP contribution in [0, 0.1) is 0 Å². The third-order valence-electron chi connectivity index (χ3n) is 5.43. The van der Waals surface area contributed by atoms with Crippen LogP contribution in [0.3, 0.4) is 0 Å². The van der Waals surface area contributed by atoms with E-state index < -0.39 is 0 Å². The lowest BCUT2D eigenvalue weighted by Gasteiger charge is -2.36. The number of amides is 1. The van der Waals surface area contributed by atoms with E-state index in [2.05, 4.69) is 44.4 Å². The first kappa shape index (κ1) is 16.9. The highest BCUT2D eigenvalue weighted by Gasteiger charge is 2.20. The minimum atomic E-state index is 0.00449. The van der Waals surface area contributed by atoms with Gasteiger partial charge in [0, 0.05) is 44.1 Å². The second-order valence-corrected chi connectivity index (χ2v) is 7.17. The zero-order chi connectivity index (χ0) is 17.8. The number of pyridine rings is 1. The molecular formula is C21H26N4O. The van der Waals surface area contributed by atoms with Gasteiger partial charge in [-0.2, -0.15) is 0 Å². The van der Waals surface area contributed by atoms with Crippen molar-refractivity contribution in [3.8, 4) is 0 Å².